The number of rotatable bonds is 8. The first-order valence-corrected chi connectivity index (χ1v) is 8.75. The van der Waals surface area contributed by atoms with Crippen LogP contribution in [0.5, 0.6) is 0 Å². The van der Waals surface area contributed by atoms with Gasteiger partial charge in [-0.05, 0) is 49.2 Å². The van der Waals surface area contributed by atoms with Crippen LogP contribution in [0, 0.1) is 24.0 Å². The summed E-state index contributed by atoms with van der Waals surface area (Å²) in [6, 6.07) is 10.3. The van der Waals surface area contributed by atoms with Crippen molar-refractivity contribution in [3.8, 4) is 0 Å². The Morgan fingerprint density at radius 3 is 2.18 bits per heavy atom. The van der Waals surface area contributed by atoms with Gasteiger partial charge in [0.1, 0.15) is 17.2 Å². The molecule has 0 atom stereocenters. The number of nitro groups is 1. The molecule has 0 radical (unpaired) electrons. The zero-order chi connectivity index (χ0) is 20.1. The molecule has 8 nitrogen and oxygen atoms in total. The molecule has 0 bridgehead atoms. The van der Waals surface area contributed by atoms with E-state index in [1.165, 1.54) is 6.07 Å². The van der Waals surface area contributed by atoms with Gasteiger partial charge in [-0.25, -0.2) is 0 Å². The lowest BCUT2D eigenvalue weighted by Crippen LogP contribution is -2.32. The molecule has 0 aliphatic carbocycles. The number of furan rings is 2. The van der Waals surface area contributed by atoms with Crippen molar-refractivity contribution in [1.29, 1.82) is 0 Å². The van der Waals surface area contributed by atoms with E-state index in [0.29, 0.717) is 30.2 Å². The summed E-state index contributed by atoms with van der Waals surface area (Å²) in [7, 11) is 0. The molecule has 1 amide bonds. The molecular weight excluding hydrogens is 362 g/mol. The monoisotopic (exact) mass is 383 g/mol. The number of carbonyl (C=O) groups excluding carboxylic acids is 1. The first kappa shape index (κ1) is 19.4. The van der Waals surface area contributed by atoms with E-state index >= 15 is 0 Å². The van der Waals surface area contributed by atoms with E-state index in [1.54, 1.807) is 37.6 Å². The molecule has 0 saturated heterocycles. The fourth-order valence-corrected chi connectivity index (χ4v) is 2.91. The predicted molar refractivity (Wildman–Crippen MR) is 103 cm³/mol. The van der Waals surface area contributed by atoms with Gasteiger partial charge in [-0.15, -0.1) is 0 Å². The van der Waals surface area contributed by atoms with Crippen LogP contribution in [0.4, 0.5) is 11.4 Å². The van der Waals surface area contributed by atoms with Crippen LogP contribution >= 0.6 is 0 Å². The second-order valence-electron chi connectivity index (χ2n) is 6.51. The molecular formula is C20H21N3O5. The highest BCUT2D eigenvalue weighted by molar-refractivity contribution is 5.95. The number of hydrogen-bond donors (Lipinski definition) is 1. The van der Waals surface area contributed by atoms with Crippen molar-refractivity contribution in [2.24, 2.45) is 0 Å². The molecule has 2 heterocycles. The van der Waals surface area contributed by atoms with Crippen LogP contribution in [-0.2, 0) is 17.9 Å². The number of nitrogens with zero attached hydrogens (tertiary/aromatic N) is 2. The maximum Gasteiger partial charge on any atom is 0.293 e. The third-order valence-electron chi connectivity index (χ3n) is 4.46. The SMILES string of the molecule is Cc1ccc([N+](=O)[O-])c(NC(=O)CN(Cc2ccco2)Cc2ccco2)c1C. The summed E-state index contributed by atoms with van der Waals surface area (Å²) in [5.41, 5.74) is 1.64. The minimum Gasteiger partial charge on any atom is -0.468 e. The number of amides is 1. The van der Waals surface area contributed by atoms with E-state index in [9.17, 15) is 14.9 Å². The standard InChI is InChI=1S/C20H21N3O5/c1-14-7-8-18(23(25)26)20(15(14)2)21-19(24)13-22(11-16-5-3-9-27-16)12-17-6-4-10-28-17/h3-10H,11-13H2,1-2H3,(H,21,24). The fraction of sp³-hybridized carbons (Fsp3) is 0.250. The Hall–Kier alpha value is -3.39. The molecule has 1 aromatic carbocycles. The van der Waals surface area contributed by atoms with Gasteiger partial charge in [0.25, 0.3) is 5.69 Å². The Kier molecular flexibility index (Phi) is 5.90. The molecule has 1 N–H and O–H groups in total. The largest absolute Gasteiger partial charge is 0.468 e. The molecule has 0 unspecified atom stereocenters. The van der Waals surface area contributed by atoms with E-state index in [4.69, 9.17) is 8.83 Å². The van der Waals surface area contributed by atoms with E-state index in [1.807, 2.05) is 24.0 Å². The second kappa shape index (κ2) is 8.53. The van der Waals surface area contributed by atoms with Crippen molar-refractivity contribution in [3.63, 3.8) is 0 Å². The minimum absolute atomic E-state index is 0.0198. The van der Waals surface area contributed by atoms with Crippen LogP contribution < -0.4 is 5.32 Å². The van der Waals surface area contributed by atoms with Gasteiger partial charge in [0.05, 0.1) is 37.1 Å². The third-order valence-corrected chi connectivity index (χ3v) is 4.46. The number of nitrogens with one attached hydrogen (secondary N) is 1. The highest BCUT2D eigenvalue weighted by Gasteiger charge is 2.21. The zero-order valence-electron chi connectivity index (χ0n) is 15.7. The van der Waals surface area contributed by atoms with E-state index in [-0.39, 0.29) is 23.8 Å². The van der Waals surface area contributed by atoms with Gasteiger partial charge in [-0.2, -0.15) is 0 Å². The molecule has 0 fully saturated rings. The summed E-state index contributed by atoms with van der Waals surface area (Å²) in [6.07, 6.45) is 3.14. The number of hydrogen-bond acceptors (Lipinski definition) is 6. The first-order chi connectivity index (χ1) is 13.4. The van der Waals surface area contributed by atoms with Crippen molar-refractivity contribution < 1.29 is 18.6 Å². The van der Waals surface area contributed by atoms with Crippen LogP contribution in [0.15, 0.2) is 57.8 Å². The Balaban J connectivity index is 1.76. The second-order valence-corrected chi connectivity index (χ2v) is 6.51. The minimum atomic E-state index is -0.495. The van der Waals surface area contributed by atoms with Crippen molar-refractivity contribution >= 4 is 17.3 Å². The summed E-state index contributed by atoms with van der Waals surface area (Å²) < 4.78 is 10.8. The van der Waals surface area contributed by atoms with Crippen LogP contribution in [0.2, 0.25) is 0 Å². The molecule has 28 heavy (non-hydrogen) atoms. The third kappa shape index (κ3) is 4.66. The summed E-state index contributed by atoms with van der Waals surface area (Å²) in [5, 5.41) is 14.0. The normalized spacial score (nSPS) is 11.0. The van der Waals surface area contributed by atoms with Crippen LogP contribution in [0.1, 0.15) is 22.6 Å². The molecule has 2 aromatic heterocycles. The van der Waals surface area contributed by atoms with Gasteiger partial charge in [0.15, 0.2) is 0 Å². The zero-order valence-corrected chi connectivity index (χ0v) is 15.7. The number of carbonyl (C=O) groups is 1. The quantitative estimate of drug-likeness (QED) is 0.465. The molecule has 0 aliphatic rings. The first-order valence-electron chi connectivity index (χ1n) is 8.75. The Bertz CT molecular complexity index is 912. The van der Waals surface area contributed by atoms with Crippen molar-refractivity contribution in [2.75, 3.05) is 11.9 Å². The maximum atomic E-state index is 12.7. The Morgan fingerprint density at radius 1 is 1.07 bits per heavy atom. The van der Waals surface area contributed by atoms with E-state index in [2.05, 4.69) is 5.32 Å². The summed E-state index contributed by atoms with van der Waals surface area (Å²) in [6.45, 7) is 4.41. The smallest absolute Gasteiger partial charge is 0.293 e. The lowest BCUT2D eigenvalue weighted by atomic mass is 10.1. The van der Waals surface area contributed by atoms with Gasteiger partial charge in [0, 0.05) is 6.07 Å². The van der Waals surface area contributed by atoms with Crippen molar-refractivity contribution in [3.05, 3.63) is 81.7 Å². The molecule has 0 saturated carbocycles. The molecule has 3 aromatic rings. The van der Waals surface area contributed by atoms with Crippen molar-refractivity contribution in [1.82, 2.24) is 4.90 Å². The van der Waals surface area contributed by atoms with Crippen LogP contribution in [-0.4, -0.2) is 22.3 Å². The van der Waals surface area contributed by atoms with Crippen LogP contribution in [0.25, 0.3) is 0 Å². The highest BCUT2D eigenvalue weighted by atomic mass is 16.6. The average molecular weight is 383 g/mol. The van der Waals surface area contributed by atoms with E-state index < -0.39 is 4.92 Å². The molecule has 0 aliphatic heterocycles. The predicted octanol–water partition coefficient (Wildman–Crippen LogP) is 4.04. The number of nitro benzene ring substituents is 1. The Labute approximate surface area is 161 Å². The molecule has 3 rings (SSSR count). The average Bonchev–Trinajstić information content (AvgIpc) is 3.33. The van der Waals surface area contributed by atoms with Gasteiger partial charge >= 0.3 is 0 Å². The lowest BCUT2D eigenvalue weighted by Gasteiger charge is -2.20. The van der Waals surface area contributed by atoms with Crippen molar-refractivity contribution in [2.45, 2.75) is 26.9 Å². The number of benzene rings is 1. The van der Waals surface area contributed by atoms with Crippen LogP contribution in [0.3, 0.4) is 0 Å². The van der Waals surface area contributed by atoms with Gasteiger partial charge < -0.3 is 14.2 Å². The molecule has 0 spiro atoms. The fourth-order valence-electron chi connectivity index (χ4n) is 2.91. The maximum absolute atomic E-state index is 12.7. The summed E-state index contributed by atoms with van der Waals surface area (Å²) in [5.74, 6) is 1.06. The van der Waals surface area contributed by atoms with E-state index in [0.717, 1.165) is 5.56 Å². The molecule has 8 heteroatoms. The number of aryl methyl sites for hydroxylation is 1. The van der Waals surface area contributed by atoms with Gasteiger partial charge in [-0.1, -0.05) is 6.07 Å². The number of anilines is 1. The summed E-state index contributed by atoms with van der Waals surface area (Å²) in [4.78, 5) is 25.4. The van der Waals surface area contributed by atoms with Gasteiger partial charge in [-0.3, -0.25) is 19.8 Å². The summed E-state index contributed by atoms with van der Waals surface area (Å²) >= 11 is 0. The lowest BCUT2D eigenvalue weighted by molar-refractivity contribution is -0.384. The van der Waals surface area contributed by atoms with Gasteiger partial charge in [0.2, 0.25) is 5.91 Å². The molecule has 146 valence electrons. The topological polar surface area (TPSA) is 102 Å². The Morgan fingerprint density at radius 2 is 1.68 bits per heavy atom. The highest BCUT2D eigenvalue weighted by Crippen LogP contribution is 2.30.